The Bertz CT molecular complexity index is 1230. The molecule has 0 radical (unpaired) electrons. The van der Waals surface area contributed by atoms with Crippen molar-refractivity contribution in [3.8, 4) is 0 Å². The molecular formula is C18H17ClF3N5O2S. The third-order valence-electron chi connectivity index (χ3n) is 4.94. The van der Waals surface area contributed by atoms with Crippen molar-refractivity contribution in [1.82, 2.24) is 19.4 Å². The molecule has 12 heteroatoms. The molecule has 0 aromatic carbocycles. The van der Waals surface area contributed by atoms with E-state index in [-0.39, 0.29) is 17.4 Å². The summed E-state index contributed by atoms with van der Waals surface area (Å²) in [6.07, 6.45) is -3.39. The summed E-state index contributed by atoms with van der Waals surface area (Å²) in [7, 11) is 0. The van der Waals surface area contributed by atoms with Gasteiger partial charge < -0.3 is 0 Å². The summed E-state index contributed by atoms with van der Waals surface area (Å²) in [5.74, 6) is -0.623. The van der Waals surface area contributed by atoms with Gasteiger partial charge in [0.1, 0.15) is 16.7 Å². The van der Waals surface area contributed by atoms with Crippen LogP contribution in [0.4, 0.5) is 13.2 Å². The monoisotopic (exact) mass is 459 g/mol. The highest BCUT2D eigenvalue weighted by Crippen LogP contribution is 2.47. The van der Waals surface area contributed by atoms with Crippen LogP contribution in [0.25, 0.3) is 10.2 Å². The van der Waals surface area contributed by atoms with E-state index in [1.54, 1.807) is 13.0 Å². The predicted molar refractivity (Wildman–Crippen MR) is 107 cm³/mol. The largest absolute Gasteiger partial charge is 0.436 e. The normalized spacial score (nSPS) is 15.6. The van der Waals surface area contributed by atoms with Gasteiger partial charge in [0, 0.05) is 10.8 Å². The van der Waals surface area contributed by atoms with E-state index >= 15 is 0 Å². The van der Waals surface area contributed by atoms with E-state index < -0.39 is 34.4 Å². The van der Waals surface area contributed by atoms with Gasteiger partial charge in [-0.25, -0.2) is 9.66 Å². The highest BCUT2D eigenvalue weighted by molar-refractivity contribution is 7.18. The lowest BCUT2D eigenvalue weighted by Crippen LogP contribution is -2.38. The zero-order valence-corrected chi connectivity index (χ0v) is 17.7. The number of carbonyl (C=O) groups is 1. The number of alkyl halides is 3. The van der Waals surface area contributed by atoms with Crippen molar-refractivity contribution in [3.63, 3.8) is 0 Å². The molecule has 1 saturated carbocycles. The van der Waals surface area contributed by atoms with E-state index in [4.69, 9.17) is 11.6 Å². The number of nitrogens with zero attached hydrogens (tertiary/aromatic N) is 4. The van der Waals surface area contributed by atoms with E-state index in [9.17, 15) is 22.8 Å². The van der Waals surface area contributed by atoms with Gasteiger partial charge in [-0.05, 0) is 39.7 Å². The summed E-state index contributed by atoms with van der Waals surface area (Å²) in [6, 6.07) is 0.551. The van der Waals surface area contributed by atoms with Gasteiger partial charge in [-0.3, -0.25) is 19.7 Å². The fraction of sp³-hybridized carbons (Fsp3) is 0.444. The second-order valence-corrected chi connectivity index (χ2v) is 8.90. The van der Waals surface area contributed by atoms with Crippen LogP contribution in [0.1, 0.15) is 53.8 Å². The first-order chi connectivity index (χ1) is 14.0. The summed E-state index contributed by atoms with van der Waals surface area (Å²) in [6.45, 7) is 4.81. The van der Waals surface area contributed by atoms with E-state index in [0.29, 0.717) is 23.1 Å². The van der Waals surface area contributed by atoms with Crippen molar-refractivity contribution in [1.29, 1.82) is 0 Å². The van der Waals surface area contributed by atoms with Crippen molar-refractivity contribution in [2.24, 2.45) is 0 Å². The molecule has 3 aromatic rings. The number of hydrogen-bond donors (Lipinski definition) is 1. The maximum absolute atomic E-state index is 13.3. The van der Waals surface area contributed by atoms with Crippen LogP contribution in [-0.2, 0) is 11.0 Å². The number of thiophene rings is 1. The summed E-state index contributed by atoms with van der Waals surface area (Å²) >= 11 is 7.33. The zero-order valence-electron chi connectivity index (χ0n) is 16.2. The van der Waals surface area contributed by atoms with Crippen LogP contribution in [-0.4, -0.2) is 25.3 Å². The Morgan fingerprint density at radius 3 is 2.63 bits per heavy atom. The highest BCUT2D eigenvalue weighted by atomic mass is 35.5. The second kappa shape index (κ2) is 7.09. The fourth-order valence-electron chi connectivity index (χ4n) is 3.28. The summed E-state index contributed by atoms with van der Waals surface area (Å²) in [5.41, 5.74) is 0.976. The SMILES string of the molecule is Cc1cc2c(=O)n(NC(=O)[C@H](C)n3nc(C(F)(F)F)c(Cl)c3C3CC3)c(C)nc2s1. The maximum Gasteiger partial charge on any atom is 0.436 e. The summed E-state index contributed by atoms with van der Waals surface area (Å²) in [5, 5.41) is 3.48. The average Bonchev–Trinajstić information content (AvgIpc) is 3.32. The van der Waals surface area contributed by atoms with E-state index in [1.807, 2.05) is 6.92 Å². The number of halogens is 4. The number of aromatic nitrogens is 4. The molecule has 7 nitrogen and oxygen atoms in total. The molecule has 0 spiro atoms. The third-order valence-corrected chi connectivity index (χ3v) is 6.26. The Morgan fingerprint density at radius 2 is 2.03 bits per heavy atom. The van der Waals surface area contributed by atoms with Gasteiger partial charge in [-0.2, -0.15) is 18.3 Å². The van der Waals surface area contributed by atoms with Gasteiger partial charge in [0.15, 0.2) is 5.69 Å². The second-order valence-electron chi connectivity index (χ2n) is 7.29. The number of fused-ring (bicyclic) bond motifs is 1. The molecule has 0 aliphatic heterocycles. The molecule has 1 fully saturated rings. The molecule has 1 amide bonds. The van der Waals surface area contributed by atoms with Crippen molar-refractivity contribution >= 4 is 39.1 Å². The Hall–Kier alpha value is -2.40. The molecule has 160 valence electrons. The molecule has 3 aromatic heterocycles. The Labute approximate surface area is 177 Å². The van der Waals surface area contributed by atoms with Crippen LogP contribution in [0, 0.1) is 13.8 Å². The highest BCUT2D eigenvalue weighted by Gasteiger charge is 2.43. The van der Waals surface area contributed by atoms with Crippen LogP contribution in [0.15, 0.2) is 10.9 Å². The van der Waals surface area contributed by atoms with Gasteiger partial charge in [0.2, 0.25) is 0 Å². The predicted octanol–water partition coefficient (Wildman–Crippen LogP) is 4.15. The molecule has 3 heterocycles. The van der Waals surface area contributed by atoms with Crippen molar-refractivity contribution in [2.75, 3.05) is 5.43 Å². The van der Waals surface area contributed by atoms with E-state index in [1.165, 1.54) is 18.3 Å². The molecule has 4 rings (SSSR count). The first-order valence-corrected chi connectivity index (χ1v) is 10.3. The number of amides is 1. The van der Waals surface area contributed by atoms with Crippen LogP contribution >= 0.6 is 22.9 Å². The topological polar surface area (TPSA) is 81.8 Å². The minimum Gasteiger partial charge on any atom is -0.271 e. The Kier molecular flexibility index (Phi) is 4.93. The van der Waals surface area contributed by atoms with E-state index in [2.05, 4.69) is 15.5 Å². The molecule has 0 bridgehead atoms. The quantitative estimate of drug-likeness (QED) is 0.635. The minimum atomic E-state index is -4.73. The molecule has 1 atom stereocenters. The Balaban J connectivity index is 1.70. The van der Waals surface area contributed by atoms with Crippen LogP contribution < -0.4 is 11.0 Å². The smallest absolute Gasteiger partial charge is 0.271 e. The number of hydrogen-bond acceptors (Lipinski definition) is 5. The third kappa shape index (κ3) is 3.49. The first-order valence-electron chi connectivity index (χ1n) is 9.14. The fourth-order valence-corrected chi connectivity index (χ4v) is 4.58. The standard InChI is InChI=1S/C18H17ClF3N5O2S/c1-7-6-11-16(30-7)23-9(3)27(17(11)29)25-15(28)8(2)26-13(10-4-5-10)12(19)14(24-26)18(20,21)22/h6,8,10H,4-5H2,1-3H3,(H,25,28)/t8-/m0/s1. The van der Waals surface area contributed by atoms with Gasteiger partial charge in [-0.1, -0.05) is 11.6 Å². The van der Waals surface area contributed by atoms with Crippen LogP contribution in [0.5, 0.6) is 0 Å². The molecule has 1 aliphatic rings. The van der Waals surface area contributed by atoms with Gasteiger partial charge in [-0.15, -0.1) is 11.3 Å². The summed E-state index contributed by atoms with van der Waals surface area (Å²) < 4.78 is 41.9. The molecule has 1 aliphatic carbocycles. The Morgan fingerprint density at radius 1 is 1.37 bits per heavy atom. The number of carbonyl (C=O) groups excluding carboxylic acids is 1. The lowest BCUT2D eigenvalue weighted by molar-refractivity contribution is -0.141. The maximum atomic E-state index is 13.3. The zero-order chi connectivity index (χ0) is 22.0. The van der Waals surface area contributed by atoms with E-state index in [0.717, 1.165) is 14.2 Å². The molecule has 30 heavy (non-hydrogen) atoms. The molecule has 0 unspecified atom stereocenters. The van der Waals surface area contributed by atoms with Crippen LogP contribution in [0.3, 0.4) is 0 Å². The first kappa shape index (κ1) is 20.9. The van der Waals surface area contributed by atoms with Crippen LogP contribution in [0.2, 0.25) is 5.02 Å². The van der Waals surface area contributed by atoms with Gasteiger partial charge >= 0.3 is 6.18 Å². The minimum absolute atomic E-state index is 0.174. The molecule has 0 saturated heterocycles. The lowest BCUT2D eigenvalue weighted by Gasteiger charge is -2.17. The number of rotatable bonds is 4. The van der Waals surface area contributed by atoms with Crippen molar-refractivity contribution in [3.05, 3.63) is 43.5 Å². The number of aryl methyl sites for hydroxylation is 2. The summed E-state index contributed by atoms with van der Waals surface area (Å²) in [4.78, 5) is 31.4. The van der Waals surface area contributed by atoms with Crippen molar-refractivity contribution in [2.45, 2.75) is 51.7 Å². The number of nitrogens with one attached hydrogen (secondary N) is 1. The van der Waals surface area contributed by atoms with Gasteiger partial charge in [0.05, 0.1) is 16.1 Å². The molecular weight excluding hydrogens is 443 g/mol. The van der Waals surface area contributed by atoms with Crippen molar-refractivity contribution < 1.29 is 18.0 Å². The lowest BCUT2D eigenvalue weighted by atomic mass is 10.2. The average molecular weight is 460 g/mol. The van der Waals surface area contributed by atoms with Gasteiger partial charge in [0.25, 0.3) is 11.5 Å². The molecule has 1 N–H and O–H groups in total.